The Balaban J connectivity index is 1.91. The van der Waals surface area contributed by atoms with Crippen LogP contribution in [0.3, 0.4) is 0 Å². The molecule has 112 valence electrons. The number of methoxy groups -OCH3 is 1. The van der Waals surface area contributed by atoms with Crippen LogP contribution in [-0.2, 0) is 11.8 Å². The molecule has 0 aliphatic rings. The molecule has 0 aliphatic heterocycles. The summed E-state index contributed by atoms with van der Waals surface area (Å²) in [6, 6.07) is 9.21. The van der Waals surface area contributed by atoms with E-state index in [0.29, 0.717) is 17.9 Å². The smallest absolute Gasteiger partial charge is 0.226 e. The maximum absolute atomic E-state index is 12.1. The van der Waals surface area contributed by atoms with Crippen LogP contribution in [0.4, 0.5) is 11.5 Å². The molecular weight excluding hydrogens is 268 g/mol. The van der Waals surface area contributed by atoms with Gasteiger partial charge in [-0.2, -0.15) is 5.10 Å². The monoisotopic (exact) mass is 288 g/mol. The fraction of sp³-hybridized carbons (Fsp3) is 0.333. The Kier molecular flexibility index (Phi) is 4.81. The van der Waals surface area contributed by atoms with Crippen molar-refractivity contribution in [3.63, 3.8) is 0 Å². The van der Waals surface area contributed by atoms with Gasteiger partial charge in [0.15, 0.2) is 0 Å². The summed E-state index contributed by atoms with van der Waals surface area (Å²) in [7, 11) is 3.43. The number of carbonyl (C=O) groups is 1. The van der Waals surface area contributed by atoms with Crippen LogP contribution in [0.15, 0.2) is 36.5 Å². The number of hydrogen-bond acceptors (Lipinski definition) is 4. The lowest BCUT2D eigenvalue weighted by Gasteiger charge is -2.15. The molecule has 0 unspecified atom stereocenters. The van der Waals surface area contributed by atoms with E-state index in [-0.39, 0.29) is 11.9 Å². The summed E-state index contributed by atoms with van der Waals surface area (Å²) in [5.41, 5.74) is 0.678. The van der Waals surface area contributed by atoms with Crippen molar-refractivity contribution in [2.24, 2.45) is 7.05 Å². The minimum Gasteiger partial charge on any atom is -0.495 e. The Morgan fingerprint density at radius 2 is 2.14 bits per heavy atom. The average molecular weight is 288 g/mol. The second-order valence-electron chi connectivity index (χ2n) is 4.84. The Hall–Kier alpha value is -2.50. The zero-order valence-electron chi connectivity index (χ0n) is 12.5. The first-order valence-electron chi connectivity index (χ1n) is 6.77. The highest BCUT2D eigenvalue weighted by molar-refractivity contribution is 5.92. The second kappa shape index (κ2) is 6.78. The van der Waals surface area contributed by atoms with Gasteiger partial charge in [0.05, 0.1) is 19.0 Å². The molecule has 1 heterocycles. The quantitative estimate of drug-likeness (QED) is 0.855. The van der Waals surface area contributed by atoms with Crippen LogP contribution < -0.4 is 15.4 Å². The van der Waals surface area contributed by atoms with Crippen molar-refractivity contribution in [3.8, 4) is 5.75 Å². The molecule has 2 N–H and O–H groups in total. The Bertz CT molecular complexity index is 609. The molecule has 1 atom stereocenters. The van der Waals surface area contributed by atoms with Crippen LogP contribution in [-0.4, -0.2) is 28.8 Å². The van der Waals surface area contributed by atoms with E-state index >= 15 is 0 Å². The van der Waals surface area contributed by atoms with Gasteiger partial charge in [0.1, 0.15) is 11.6 Å². The van der Waals surface area contributed by atoms with Gasteiger partial charge in [-0.05, 0) is 19.1 Å². The van der Waals surface area contributed by atoms with Gasteiger partial charge >= 0.3 is 0 Å². The molecule has 0 spiro atoms. The number of amides is 1. The fourth-order valence-corrected chi connectivity index (χ4v) is 2.05. The zero-order chi connectivity index (χ0) is 15.2. The van der Waals surface area contributed by atoms with Gasteiger partial charge < -0.3 is 15.4 Å². The third-order valence-corrected chi connectivity index (χ3v) is 3.09. The summed E-state index contributed by atoms with van der Waals surface area (Å²) in [5.74, 6) is 1.47. The summed E-state index contributed by atoms with van der Waals surface area (Å²) in [5, 5.41) is 10.2. The molecule has 6 nitrogen and oxygen atoms in total. The minimum absolute atomic E-state index is 0.00453. The first kappa shape index (κ1) is 14.9. The molecule has 1 amide bonds. The summed E-state index contributed by atoms with van der Waals surface area (Å²) >= 11 is 0. The van der Waals surface area contributed by atoms with Crippen molar-refractivity contribution in [3.05, 3.63) is 36.5 Å². The second-order valence-corrected chi connectivity index (χ2v) is 4.84. The Labute approximate surface area is 124 Å². The van der Waals surface area contributed by atoms with Gasteiger partial charge in [0.25, 0.3) is 0 Å². The van der Waals surface area contributed by atoms with Gasteiger partial charge in [-0.15, -0.1) is 0 Å². The van der Waals surface area contributed by atoms with Crippen molar-refractivity contribution in [1.82, 2.24) is 9.78 Å². The van der Waals surface area contributed by atoms with Crippen LogP contribution >= 0.6 is 0 Å². The van der Waals surface area contributed by atoms with Crippen LogP contribution in [0, 0.1) is 0 Å². The number of rotatable bonds is 6. The third kappa shape index (κ3) is 3.98. The lowest BCUT2D eigenvalue weighted by molar-refractivity contribution is -0.116. The van der Waals surface area contributed by atoms with Crippen molar-refractivity contribution in [2.45, 2.75) is 19.4 Å². The molecule has 2 rings (SSSR count). The maximum atomic E-state index is 12.1. The average Bonchev–Trinajstić information content (AvgIpc) is 2.84. The molecule has 21 heavy (non-hydrogen) atoms. The van der Waals surface area contributed by atoms with E-state index in [1.807, 2.05) is 44.3 Å². The highest BCUT2D eigenvalue weighted by Gasteiger charge is 2.12. The molecular formula is C15H20N4O2. The number of aromatic nitrogens is 2. The van der Waals surface area contributed by atoms with Crippen LogP contribution in [0.5, 0.6) is 5.75 Å². The largest absolute Gasteiger partial charge is 0.495 e. The number of nitrogens with zero attached hydrogens (tertiary/aromatic N) is 2. The van der Waals surface area contributed by atoms with E-state index in [1.165, 1.54) is 0 Å². The summed E-state index contributed by atoms with van der Waals surface area (Å²) in [6.07, 6.45) is 2.06. The van der Waals surface area contributed by atoms with E-state index in [1.54, 1.807) is 18.0 Å². The molecule has 1 aromatic heterocycles. The van der Waals surface area contributed by atoms with Crippen LogP contribution in [0.25, 0.3) is 0 Å². The molecule has 0 fully saturated rings. The number of hydrogen-bond donors (Lipinski definition) is 2. The highest BCUT2D eigenvalue weighted by Crippen LogP contribution is 2.23. The van der Waals surface area contributed by atoms with E-state index in [2.05, 4.69) is 15.7 Å². The summed E-state index contributed by atoms with van der Waals surface area (Å²) in [4.78, 5) is 12.1. The first-order chi connectivity index (χ1) is 10.1. The number of aryl methyl sites for hydroxylation is 1. The topological polar surface area (TPSA) is 68.2 Å². The van der Waals surface area contributed by atoms with Crippen LogP contribution in [0.2, 0.25) is 0 Å². The predicted octanol–water partition coefficient (Wildman–Crippen LogP) is 2.26. The molecule has 0 saturated heterocycles. The lowest BCUT2D eigenvalue weighted by atomic mass is 10.2. The SMILES string of the molecule is COc1ccccc1NC(=O)C[C@@H](C)Nc1ccnn1C. The molecule has 0 aliphatic carbocycles. The van der Waals surface area contributed by atoms with Gasteiger partial charge in [-0.25, -0.2) is 0 Å². The van der Waals surface area contributed by atoms with Crippen molar-refractivity contribution >= 4 is 17.4 Å². The minimum atomic E-state index is -0.0679. The van der Waals surface area contributed by atoms with E-state index in [4.69, 9.17) is 4.74 Å². The predicted molar refractivity (Wildman–Crippen MR) is 82.5 cm³/mol. The molecule has 6 heteroatoms. The highest BCUT2D eigenvalue weighted by atomic mass is 16.5. The number of para-hydroxylation sites is 2. The van der Waals surface area contributed by atoms with Crippen molar-refractivity contribution in [1.29, 1.82) is 0 Å². The van der Waals surface area contributed by atoms with Gasteiger partial charge in [0.2, 0.25) is 5.91 Å². The van der Waals surface area contributed by atoms with Crippen molar-refractivity contribution < 1.29 is 9.53 Å². The van der Waals surface area contributed by atoms with Gasteiger partial charge in [-0.3, -0.25) is 9.48 Å². The van der Waals surface area contributed by atoms with Gasteiger partial charge in [0, 0.05) is 25.6 Å². The van der Waals surface area contributed by atoms with Crippen LogP contribution in [0.1, 0.15) is 13.3 Å². The fourth-order valence-electron chi connectivity index (χ4n) is 2.05. The molecule has 0 bridgehead atoms. The number of nitrogens with one attached hydrogen (secondary N) is 2. The zero-order valence-corrected chi connectivity index (χ0v) is 12.5. The Morgan fingerprint density at radius 3 is 2.81 bits per heavy atom. The number of benzene rings is 1. The Morgan fingerprint density at radius 1 is 1.38 bits per heavy atom. The molecule has 1 aromatic carbocycles. The first-order valence-corrected chi connectivity index (χ1v) is 6.77. The third-order valence-electron chi connectivity index (χ3n) is 3.09. The van der Waals surface area contributed by atoms with E-state index < -0.39 is 0 Å². The maximum Gasteiger partial charge on any atom is 0.226 e. The molecule has 0 radical (unpaired) electrons. The number of ether oxygens (including phenoxy) is 1. The lowest BCUT2D eigenvalue weighted by Crippen LogP contribution is -2.24. The van der Waals surface area contributed by atoms with E-state index in [9.17, 15) is 4.79 Å². The standard InChI is InChI=1S/C15H20N4O2/c1-11(17-14-8-9-16-19(14)2)10-15(20)18-12-6-4-5-7-13(12)21-3/h4-9,11,17H,10H2,1-3H3,(H,18,20)/t11-/m1/s1. The molecule has 0 saturated carbocycles. The van der Waals surface area contributed by atoms with Gasteiger partial charge in [-0.1, -0.05) is 12.1 Å². The number of anilines is 2. The normalized spacial score (nSPS) is 11.8. The van der Waals surface area contributed by atoms with Crippen molar-refractivity contribution in [2.75, 3.05) is 17.7 Å². The van der Waals surface area contributed by atoms with E-state index in [0.717, 1.165) is 5.82 Å². The molecule has 2 aromatic rings. The summed E-state index contributed by atoms with van der Waals surface area (Å²) in [6.45, 7) is 1.95. The summed E-state index contributed by atoms with van der Waals surface area (Å²) < 4.78 is 6.94. The number of carbonyl (C=O) groups excluding carboxylic acids is 1.